The van der Waals surface area contributed by atoms with E-state index in [0.29, 0.717) is 43.8 Å². The van der Waals surface area contributed by atoms with Crippen molar-refractivity contribution in [2.24, 2.45) is 0 Å². The van der Waals surface area contributed by atoms with E-state index >= 15 is 0 Å². The van der Waals surface area contributed by atoms with Gasteiger partial charge in [0.1, 0.15) is 18.1 Å². The van der Waals surface area contributed by atoms with Gasteiger partial charge in [0.25, 0.3) is 0 Å². The van der Waals surface area contributed by atoms with Gasteiger partial charge in [0.2, 0.25) is 0 Å². The lowest BCUT2D eigenvalue weighted by Gasteiger charge is -2.24. The molecule has 1 fully saturated rings. The van der Waals surface area contributed by atoms with E-state index in [9.17, 15) is 22.8 Å². The second kappa shape index (κ2) is 10.5. The standard InChI is InChI=1S/C19H22F3N5O3.ClH/c1-2-30-16(28)12-24-18(29)27-9-3-8-26(10-11-27)17-13-4-5-15(19(20,21)22)25-14(13)6-7-23-17;/h4-7H,2-3,8-12H2,1H3,(H,24,29);1H. The summed E-state index contributed by atoms with van der Waals surface area (Å²) in [6, 6.07) is 3.40. The maximum Gasteiger partial charge on any atom is 0.433 e. The average molecular weight is 462 g/mol. The number of esters is 1. The molecule has 0 unspecified atom stereocenters. The Kier molecular flexibility index (Phi) is 8.26. The van der Waals surface area contributed by atoms with Crippen molar-refractivity contribution < 1.29 is 27.5 Å². The number of nitrogens with one attached hydrogen (secondary N) is 1. The zero-order chi connectivity index (χ0) is 21.7. The van der Waals surface area contributed by atoms with Crippen molar-refractivity contribution in [1.29, 1.82) is 0 Å². The van der Waals surface area contributed by atoms with Crippen molar-refractivity contribution in [3.8, 4) is 0 Å². The molecular weight excluding hydrogens is 439 g/mol. The van der Waals surface area contributed by atoms with Gasteiger partial charge in [0.15, 0.2) is 0 Å². The second-order valence-electron chi connectivity index (χ2n) is 6.69. The Bertz CT molecular complexity index is 928. The Morgan fingerprint density at radius 1 is 1.16 bits per heavy atom. The maximum absolute atomic E-state index is 12.9. The highest BCUT2D eigenvalue weighted by atomic mass is 35.5. The monoisotopic (exact) mass is 461 g/mol. The minimum atomic E-state index is -4.52. The van der Waals surface area contributed by atoms with Gasteiger partial charge in [-0.15, -0.1) is 12.4 Å². The van der Waals surface area contributed by atoms with E-state index in [2.05, 4.69) is 15.3 Å². The molecule has 0 spiro atoms. The third-order valence-corrected chi connectivity index (χ3v) is 4.66. The van der Waals surface area contributed by atoms with Crippen molar-refractivity contribution in [2.45, 2.75) is 19.5 Å². The van der Waals surface area contributed by atoms with Crippen molar-refractivity contribution in [2.75, 3.05) is 44.2 Å². The van der Waals surface area contributed by atoms with E-state index in [1.807, 2.05) is 4.90 Å². The van der Waals surface area contributed by atoms with E-state index < -0.39 is 17.8 Å². The van der Waals surface area contributed by atoms with Crippen molar-refractivity contribution in [3.05, 3.63) is 30.1 Å². The average Bonchev–Trinajstić information content (AvgIpc) is 2.97. The first-order valence-electron chi connectivity index (χ1n) is 9.56. The molecule has 3 heterocycles. The summed E-state index contributed by atoms with van der Waals surface area (Å²) in [7, 11) is 0. The number of pyridine rings is 2. The molecule has 2 amide bonds. The number of alkyl halides is 3. The summed E-state index contributed by atoms with van der Waals surface area (Å²) >= 11 is 0. The third kappa shape index (κ3) is 6.09. The highest BCUT2D eigenvalue weighted by Gasteiger charge is 2.32. The minimum absolute atomic E-state index is 0. The molecule has 3 rings (SSSR count). The lowest BCUT2D eigenvalue weighted by Crippen LogP contribution is -2.44. The molecular formula is C19H23ClF3N5O3. The number of aromatic nitrogens is 2. The Labute approximate surface area is 183 Å². The summed E-state index contributed by atoms with van der Waals surface area (Å²) in [5, 5.41) is 3.05. The number of hydrogen-bond acceptors (Lipinski definition) is 6. The summed E-state index contributed by atoms with van der Waals surface area (Å²) in [5.74, 6) is 0.0236. The fourth-order valence-electron chi connectivity index (χ4n) is 3.25. The zero-order valence-corrected chi connectivity index (χ0v) is 17.6. The van der Waals surface area contributed by atoms with Crippen LogP contribution in [0, 0.1) is 0 Å². The predicted octanol–water partition coefficient (Wildman–Crippen LogP) is 2.86. The molecule has 0 aliphatic carbocycles. The predicted molar refractivity (Wildman–Crippen MR) is 110 cm³/mol. The van der Waals surface area contributed by atoms with Crippen LogP contribution in [0.1, 0.15) is 19.0 Å². The van der Waals surface area contributed by atoms with Crippen LogP contribution >= 0.6 is 12.4 Å². The van der Waals surface area contributed by atoms with Crippen LogP contribution in [-0.2, 0) is 15.7 Å². The van der Waals surface area contributed by atoms with Gasteiger partial charge in [-0.05, 0) is 31.5 Å². The first-order chi connectivity index (χ1) is 14.3. The van der Waals surface area contributed by atoms with E-state index in [1.54, 1.807) is 11.8 Å². The lowest BCUT2D eigenvalue weighted by molar-refractivity contribution is -0.142. The summed E-state index contributed by atoms with van der Waals surface area (Å²) in [6.45, 7) is 3.60. The summed E-state index contributed by atoms with van der Waals surface area (Å²) in [4.78, 5) is 35.3. The number of carbonyl (C=O) groups is 2. The van der Waals surface area contributed by atoms with E-state index in [-0.39, 0.29) is 37.1 Å². The molecule has 2 aromatic rings. The number of urea groups is 1. The number of amides is 2. The molecule has 2 aromatic heterocycles. The van der Waals surface area contributed by atoms with Crippen LogP contribution in [0.25, 0.3) is 10.9 Å². The number of halogens is 4. The highest BCUT2D eigenvalue weighted by molar-refractivity contribution is 5.89. The van der Waals surface area contributed by atoms with Gasteiger partial charge in [-0.3, -0.25) is 4.79 Å². The summed E-state index contributed by atoms with van der Waals surface area (Å²) in [6.07, 6.45) is -2.45. The SMILES string of the molecule is CCOC(=O)CNC(=O)N1CCCN(c2nccc3nc(C(F)(F)F)ccc23)CC1.Cl. The molecule has 0 atom stereocenters. The van der Waals surface area contributed by atoms with Crippen LogP contribution in [0.15, 0.2) is 24.4 Å². The van der Waals surface area contributed by atoms with Crippen molar-refractivity contribution in [3.63, 3.8) is 0 Å². The van der Waals surface area contributed by atoms with Gasteiger partial charge in [-0.1, -0.05) is 0 Å². The van der Waals surface area contributed by atoms with Crippen LogP contribution in [0.2, 0.25) is 0 Å². The van der Waals surface area contributed by atoms with Gasteiger partial charge in [0, 0.05) is 37.8 Å². The van der Waals surface area contributed by atoms with E-state index in [0.717, 1.165) is 6.07 Å². The molecule has 0 bridgehead atoms. The van der Waals surface area contributed by atoms with Crippen LogP contribution in [0.5, 0.6) is 0 Å². The minimum Gasteiger partial charge on any atom is -0.465 e. The van der Waals surface area contributed by atoms with Gasteiger partial charge in [-0.25, -0.2) is 14.8 Å². The fourth-order valence-corrected chi connectivity index (χ4v) is 3.25. The number of carbonyl (C=O) groups excluding carboxylic acids is 2. The molecule has 1 aliphatic heterocycles. The Balaban J connectivity index is 0.00000341. The van der Waals surface area contributed by atoms with Crippen molar-refractivity contribution >= 4 is 41.1 Å². The quantitative estimate of drug-likeness (QED) is 0.704. The number of anilines is 1. The van der Waals surface area contributed by atoms with Gasteiger partial charge in [-0.2, -0.15) is 13.2 Å². The molecule has 12 heteroatoms. The number of ether oxygens (including phenoxy) is 1. The fraction of sp³-hybridized carbons (Fsp3) is 0.474. The molecule has 8 nitrogen and oxygen atoms in total. The molecule has 0 radical (unpaired) electrons. The van der Waals surface area contributed by atoms with Crippen LogP contribution < -0.4 is 10.2 Å². The number of rotatable bonds is 4. The molecule has 1 saturated heterocycles. The lowest BCUT2D eigenvalue weighted by atomic mass is 10.2. The summed E-state index contributed by atoms with van der Waals surface area (Å²) in [5.41, 5.74) is -0.740. The maximum atomic E-state index is 12.9. The number of nitrogens with zero attached hydrogens (tertiary/aromatic N) is 4. The Morgan fingerprint density at radius 2 is 1.94 bits per heavy atom. The molecule has 1 aliphatic rings. The molecule has 31 heavy (non-hydrogen) atoms. The van der Waals surface area contributed by atoms with Crippen LogP contribution in [0.3, 0.4) is 0 Å². The number of fused-ring (bicyclic) bond motifs is 1. The smallest absolute Gasteiger partial charge is 0.433 e. The molecule has 1 N–H and O–H groups in total. The third-order valence-electron chi connectivity index (χ3n) is 4.66. The molecule has 0 saturated carbocycles. The van der Waals surface area contributed by atoms with Crippen LogP contribution in [-0.4, -0.2) is 66.2 Å². The highest BCUT2D eigenvalue weighted by Crippen LogP contribution is 2.31. The Hall–Kier alpha value is -2.82. The Morgan fingerprint density at radius 3 is 2.65 bits per heavy atom. The topological polar surface area (TPSA) is 87.7 Å². The largest absolute Gasteiger partial charge is 0.465 e. The van der Waals surface area contributed by atoms with Gasteiger partial charge in [0.05, 0.1) is 12.1 Å². The zero-order valence-electron chi connectivity index (χ0n) is 16.8. The molecule has 0 aromatic carbocycles. The van der Waals surface area contributed by atoms with Crippen LogP contribution in [0.4, 0.5) is 23.8 Å². The first kappa shape index (κ1) is 24.4. The second-order valence-corrected chi connectivity index (χ2v) is 6.69. The molecule has 170 valence electrons. The van der Waals surface area contributed by atoms with Crippen molar-refractivity contribution in [1.82, 2.24) is 20.2 Å². The van der Waals surface area contributed by atoms with E-state index in [4.69, 9.17) is 4.74 Å². The van der Waals surface area contributed by atoms with Gasteiger partial charge >= 0.3 is 18.2 Å². The normalized spacial score (nSPS) is 14.6. The van der Waals surface area contributed by atoms with Gasteiger partial charge < -0.3 is 19.9 Å². The first-order valence-corrected chi connectivity index (χ1v) is 9.56. The summed E-state index contributed by atoms with van der Waals surface area (Å²) < 4.78 is 43.6. The number of hydrogen-bond donors (Lipinski definition) is 1. The van der Waals surface area contributed by atoms with E-state index in [1.165, 1.54) is 18.3 Å².